The highest BCUT2D eigenvalue weighted by Crippen LogP contribution is 2.34. The average molecular weight is 333 g/mol. The molecule has 2 saturated heterocycles. The van der Waals surface area contributed by atoms with Crippen molar-refractivity contribution < 1.29 is 9.47 Å². The molecule has 23 heavy (non-hydrogen) atoms. The summed E-state index contributed by atoms with van der Waals surface area (Å²) < 4.78 is 14.3. The molecule has 1 spiro atoms. The van der Waals surface area contributed by atoms with E-state index in [2.05, 4.69) is 27.5 Å². The highest BCUT2D eigenvalue weighted by atomic mass is 32.1. The predicted octanol–water partition coefficient (Wildman–Crippen LogP) is 2.39. The van der Waals surface area contributed by atoms with E-state index in [9.17, 15) is 0 Å². The van der Waals surface area contributed by atoms with Gasteiger partial charge in [0.15, 0.2) is 0 Å². The van der Waals surface area contributed by atoms with E-state index in [-0.39, 0.29) is 11.7 Å². The van der Waals surface area contributed by atoms with Crippen molar-refractivity contribution in [2.45, 2.75) is 37.6 Å². The van der Waals surface area contributed by atoms with Crippen LogP contribution in [0.5, 0.6) is 0 Å². The maximum atomic E-state index is 6.47. The van der Waals surface area contributed by atoms with Crippen LogP contribution in [0.4, 0.5) is 0 Å². The Morgan fingerprint density at radius 1 is 1.39 bits per heavy atom. The van der Waals surface area contributed by atoms with E-state index in [4.69, 9.17) is 9.47 Å². The van der Waals surface area contributed by atoms with Gasteiger partial charge >= 0.3 is 0 Å². The van der Waals surface area contributed by atoms with E-state index in [0.717, 1.165) is 45.6 Å². The Morgan fingerprint density at radius 2 is 2.39 bits per heavy atom. The number of rotatable bonds is 4. The summed E-state index contributed by atoms with van der Waals surface area (Å²) in [7, 11) is 0. The predicted molar refractivity (Wildman–Crippen MR) is 89.5 cm³/mol. The van der Waals surface area contributed by atoms with Gasteiger partial charge in [0, 0.05) is 36.9 Å². The Morgan fingerprint density at radius 3 is 3.22 bits per heavy atom. The van der Waals surface area contributed by atoms with Crippen LogP contribution in [0.3, 0.4) is 0 Å². The van der Waals surface area contributed by atoms with Gasteiger partial charge in [-0.3, -0.25) is 9.58 Å². The Bertz CT molecular complexity index is 601. The molecule has 0 aliphatic carbocycles. The summed E-state index contributed by atoms with van der Waals surface area (Å²) in [6, 6.07) is 6.29. The zero-order valence-corrected chi connectivity index (χ0v) is 14.1. The lowest BCUT2D eigenvalue weighted by molar-refractivity contribution is -0.0904. The van der Waals surface area contributed by atoms with Crippen LogP contribution in [0, 0.1) is 0 Å². The first-order valence-electron chi connectivity index (χ1n) is 8.29. The molecule has 0 unspecified atom stereocenters. The van der Waals surface area contributed by atoms with Crippen LogP contribution in [-0.2, 0) is 22.6 Å². The highest BCUT2D eigenvalue weighted by Gasteiger charge is 2.43. The van der Waals surface area contributed by atoms with E-state index >= 15 is 0 Å². The number of nitrogens with zero attached hydrogens (tertiary/aromatic N) is 3. The first-order valence-corrected chi connectivity index (χ1v) is 9.17. The standard InChI is InChI=1S/C17H23N3O2S/c1-3-16(23-10-1)12-19-8-9-21-14-17(13-19)5-4-15(22-17)11-20-7-2-6-18-20/h1-3,6-7,10,15H,4-5,8-9,11-14H2/t15-,17+/m0/s1. The lowest BCUT2D eigenvalue weighted by atomic mass is 10.00. The molecular weight excluding hydrogens is 310 g/mol. The first kappa shape index (κ1) is 15.3. The number of aromatic nitrogens is 2. The summed E-state index contributed by atoms with van der Waals surface area (Å²) in [5.41, 5.74) is -0.147. The summed E-state index contributed by atoms with van der Waals surface area (Å²) >= 11 is 1.82. The van der Waals surface area contributed by atoms with E-state index < -0.39 is 0 Å². The van der Waals surface area contributed by atoms with Gasteiger partial charge in [-0.15, -0.1) is 11.3 Å². The zero-order valence-electron chi connectivity index (χ0n) is 13.3. The maximum absolute atomic E-state index is 6.47. The fourth-order valence-corrected chi connectivity index (χ4v) is 4.35. The van der Waals surface area contributed by atoms with Crippen LogP contribution in [0.25, 0.3) is 0 Å². The lowest BCUT2D eigenvalue weighted by Crippen LogP contribution is -2.44. The minimum atomic E-state index is -0.147. The van der Waals surface area contributed by atoms with Crippen LogP contribution >= 0.6 is 11.3 Å². The molecule has 2 aromatic heterocycles. The van der Waals surface area contributed by atoms with Gasteiger partial charge < -0.3 is 9.47 Å². The number of thiophene rings is 1. The minimum Gasteiger partial charge on any atom is -0.377 e. The summed E-state index contributed by atoms with van der Waals surface area (Å²) in [6.07, 6.45) is 6.21. The lowest BCUT2D eigenvalue weighted by Gasteiger charge is -2.31. The monoisotopic (exact) mass is 333 g/mol. The Labute approximate surface area is 140 Å². The molecule has 4 rings (SSSR count). The fraction of sp³-hybridized carbons (Fsp3) is 0.588. The second-order valence-electron chi connectivity index (χ2n) is 6.53. The van der Waals surface area contributed by atoms with Crippen molar-refractivity contribution in [3.8, 4) is 0 Å². The molecule has 0 aromatic carbocycles. The molecule has 0 radical (unpaired) electrons. The Kier molecular flexibility index (Phi) is 4.48. The molecule has 5 nitrogen and oxygen atoms in total. The molecule has 0 amide bonds. The Balaban J connectivity index is 1.40. The van der Waals surface area contributed by atoms with Crippen LogP contribution in [-0.4, -0.2) is 52.7 Å². The number of hydrogen-bond acceptors (Lipinski definition) is 5. The zero-order chi connectivity index (χ0) is 15.5. The second kappa shape index (κ2) is 6.73. The molecule has 0 saturated carbocycles. The van der Waals surface area contributed by atoms with Crippen molar-refractivity contribution >= 4 is 11.3 Å². The molecule has 2 fully saturated rings. The first-order chi connectivity index (χ1) is 11.3. The van der Waals surface area contributed by atoms with Crippen molar-refractivity contribution in [2.75, 3.05) is 26.3 Å². The van der Waals surface area contributed by atoms with E-state index in [0.29, 0.717) is 6.61 Å². The van der Waals surface area contributed by atoms with E-state index in [1.165, 1.54) is 4.88 Å². The average Bonchev–Trinajstić information content (AvgIpc) is 3.25. The highest BCUT2D eigenvalue weighted by molar-refractivity contribution is 7.09. The molecule has 2 aliphatic heterocycles. The van der Waals surface area contributed by atoms with Gasteiger partial charge in [0.2, 0.25) is 0 Å². The van der Waals surface area contributed by atoms with Crippen LogP contribution < -0.4 is 0 Å². The number of ether oxygens (including phenoxy) is 2. The van der Waals surface area contributed by atoms with Crippen LogP contribution in [0.15, 0.2) is 36.0 Å². The molecular formula is C17H23N3O2S. The largest absolute Gasteiger partial charge is 0.377 e. The van der Waals surface area contributed by atoms with Gasteiger partial charge in [0.25, 0.3) is 0 Å². The summed E-state index contributed by atoms with van der Waals surface area (Å²) in [5, 5.41) is 6.44. The van der Waals surface area contributed by atoms with Gasteiger partial charge in [0.05, 0.1) is 25.9 Å². The molecule has 6 heteroatoms. The van der Waals surface area contributed by atoms with E-state index in [1.807, 2.05) is 34.5 Å². The van der Waals surface area contributed by atoms with Crippen molar-refractivity contribution in [1.82, 2.24) is 14.7 Å². The van der Waals surface area contributed by atoms with Crippen molar-refractivity contribution in [2.24, 2.45) is 0 Å². The molecule has 2 aliphatic rings. The van der Waals surface area contributed by atoms with Crippen molar-refractivity contribution in [1.29, 1.82) is 0 Å². The molecule has 0 N–H and O–H groups in total. The molecule has 4 heterocycles. The van der Waals surface area contributed by atoms with Gasteiger partial charge in [-0.1, -0.05) is 6.07 Å². The second-order valence-corrected chi connectivity index (χ2v) is 7.56. The molecule has 0 bridgehead atoms. The molecule has 2 atom stereocenters. The SMILES string of the molecule is c1csc(CN2CCOC[C@@]3(CC[C@@H](Cn4cccn4)O3)C2)c1. The van der Waals surface area contributed by atoms with Gasteiger partial charge in [0.1, 0.15) is 5.60 Å². The smallest absolute Gasteiger partial charge is 0.105 e. The van der Waals surface area contributed by atoms with Gasteiger partial charge in [-0.2, -0.15) is 5.10 Å². The van der Waals surface area contributed by atoms with Gasteiger partial charge in [-0.25, -0.2) is 0 Å². The Hall–Kier alpha value is -1.21. The third-order valence-corrected chi connectivity index (χ3v) is 5.54. The summed E-state index contributed by atoms with van der Waals surface area (Å²) in [6.45, 7) is 5.27. The normalized spacial score (nSPS) is 29.1. The minimum absolute atomic E-state index is 0.147. The topological polar surface area (TPSA) is 39.5 Å². The quantitative estimate of drug-likeness (QED) is 0.861. The molecule has 124 valence electrons. The third kappa shape index (κ3) is 3.66. The van der Waals surface area contributed by atoms with Crippen molar-refractivity contribution in [3.05, 3.63) is 40.8 Å². The fourth-order valence-electron chi connectivity index (χ4n) is 3.61. The summed E-state index contributed by atoms with van der Waals surface area (Å²) in [5.74, 6) is 0. The third-order valence-electron chi connectivity index (χ3n) is 4.68. The van der Waals surface area contributed by atoms with Gasteiger partial charge in [-0.05, 0) is 30.4 Å². The van der Waals surface area contributed by atoms with E-state index in [1.54, 1.807) is 0 Å². The molecule has 2 aromatic rings. The summed E-state index contributed by atoms with van der Waals surface area (Å²) in [4.78, 5) is 3.89. The number of hydrogen-bond donors (Lipinski definition) is 0. The van der Waals surface area contributed by atoms with Crippen LogP contribution in [0.1, 0.15) is 17.7 Å². The maximum Gasteiger partial charge on any atom is 0.105 e. The van der Waals surface area contributed by atoms with Crippen LogP contribution in [0.2, 0.25) is 0 Å². The van der Waals surface area contributed by atoms with Crippen molar-refractivity contribution in [3.63, 3.8) is 0 Å².